The molecule has 1 fully saturated rings. The molecule has 0 heterocycles. The lowest BCUT2D eigenvalue weighted by Gasteiger charge is -2.57. The smallest absolute Gasteiger partial charge is 0.334 e. The van der Waals surface area contributed by atoms with E-state index in [1.54, 1.807) is 0 Å². The highest BCUT2D eigenvalue weighted by molar-refractivity contribution is 6.02. The average molecular weight is 364 g/mol. The number of carbonyl (C=O) groups excluding carboxylic acids is 2. The zero-order valence-electron chi connectivity index (χ0n) is 16.6. The van der Waals surface area contributed by atoms with Gasteiger partial charge in [-0.25, -0.2) is 4.79 Å². The van der Waals surface area contributed by atoms with Crippen LogP contribution in [-0.2, 0) is 19.1 Å². The summed E-state index contributed by atoms with van der Waals surface area (Å²) in [6.45, 7) is 8.51. The lowest BCUT2D eigenvalue weighted by atomic mass is 9.46. The van der Waals surface area contributed by atoms with Crippen molar-refractivity contribution in [1.29, 1.82) is 0 Å². The monoisotopic (exact) mass is 364 g/mol. The van der Waals surface area contributed by atoms with Crippen LogP contribution in [0, 0.1) is 28.6 Å². The molecule has 0 aromatic heterocycles. The zero-order valence-corrected chi connectivity index (χ0v) is 16.6. The van der Waals surface area contributed by atoms with E-state index in [4.69, 9.17) is 9.84 Å². The highest BCUT2D eigenvalue weighted by Gasteiger charge is 2.56. The summed E-state index contributed by atoms with van der Waals surface area (Å²) in [4.78, 5) is 35.7. The van der Waals surface area contributed by atoms with Gasteiger partial charge in [0.25, 0.3) is 0 Å². The number of carboxylic acid groups (broad SMARTS) is 1. The number of rotatable bonds is 6. The Balaban J connectivity index is 2.32. The number of allylic oxidation sites excluding steroid dienone is 1. The molecule has 26 heavy (non-hydrogen) atoms. The molecule has 5 atom stereocenters. The molecule has 5 nitrogen and oxygen atoms in total. The fourth-order valence-corrected chi connectivity index (χ4v) is 5.24. The van der Waals surface area contributed by atoms with E-state index in [2.05, 4.69) is 20.8 Å². The molecule has 2 rings (SSSR count). The molecular formula is C21H32O5. The molecule has 5 heteroatoms. The maximum absolute atomic E-state index is 12.4. The van der Waals surface area contributed by atoms with Gasteiger partial charge in [0, 0.05) is 23.8 Å². The standard InChI is InChI=1S/C21H32O5/c1-13(10-18(23)24)6-8-20(3)14(2)7-9-21(4)16(19(25)26-5)11-15(22)12-17(20)21/h11,13-14,17H,6-10,12H2,1-5H3,(H,23,24)/t13?,14-,17-,20+,21-/m1/s1. The Morgan fingerprint density at radius 3 is 2.62 bits per heavy atom. The quantitative estimate of drug-likeness (QED) is 0.720. The van der Waals surface area contributed by atoms with Crippen molar-refractivity contribution < 1.29 is 24.2 Å². The van der Waals surface area contributed by atoms with Crippen molar-refractivity contribution in [2.24, 2.45) is 28.6 Å². The minimum Gasteiger partial charge on any atom is -0.481 e. The number of hydrogen-bond donors (Lipinski definition) is 1. The molecule has 0 radical (unpaired) electrons. The highest BCUT2D eigenvalue weighted by Crippen LogP contribution is 2.61. The first-order valence-corrected chi connectivity index (χ1v) is 9.59. The van der Waals surface area contributed by atoms with E-state index >= 15 is 0 Å². The molecule has 0 spiro atoms. The van der Waals surface area contributed by atoms with E-state index in [0.29, 0.717) is 17.9 Å². The van der Waals surface area contributed by atoms with E-state index in [-0.39, 0.29) is 34.9 Å². The highest BCUT2D eigenvalue weighted by atomic mass is 16.5. The third-order valence-electron chi connectivity index (χ3n) is 7.22. The zero-order chi connectivity index (χ0) is 19.7. The van der Waals surface area contributed by atoms with Gasteiger partial charge in [0.05, 0.1) is 7.11 Å². The molecule has 0 aromatic carbocycles. The number of aliphatic carboxylic acids is 1. The van der Waals surface area contributed by atoms with Crippen molar-refractivity contribution in [2.45, 2.75) is 66.2 Å². The van der Waals surface area contributed by atoms with Gasteiger partial charge in [-0.3, -0.25) is 9.59 Å². The maximum Gasteiger partial charge on any atom is 0.334 e. The van der Waals surface area contributed by atoms with Crippen LogP contribution in [0.5, 0.6) is 0 Å². The molecule has 1 unspecified atom stereocenters. The summed E-state index contributed by atoms with van der Waals surface area (Å²) in [5, 5.41) is 9.02. The number of methoxy groups -OCH3 is 1. The Bertz CT molecular complexity index is 622. The molecule has 1 saturated carbocycles. The summed E-state index contributed by atoms with van der Waals surface area (Å²) in [6, 6.07) is 0. The van der Waals surface area contributed by atoms with E-state index in [0.717, 1.165) is 25.7 Å². The topological polar surface area (TPSA) is 80.7 Å². The Morgan fingerprint density at radius 2 is 2.04 bits per heavy atom. The predicted molar refractivity (Wildman–Crippen MR) is 98.5 cm³/mol. The van der Waals surface area contributed by atoms with Crippen LogP contribution in [0.4, 0.5) is 0 Å². The van der Waals surface area contributed by atoms with Crippen LogP contribution >= 0.6 is 0 Å². The predicted octanol–water partition coefficient (Wildman–Crippen LogP) is 4.01. The summed E-state index contributed by atoms with van der Waals surface area (Å²) >= 11 is 0. The van der Waals surface area contributed by atoms with Gasteiger partial charge in [-0.15, -0.1) is 0 Å². The van der Waals surface area contributed by atoms with Crippen molar-refractivity contribution in [2.75, 3.05) is 7.11 Å². The Labute approximate surface area is 156 Å². The van der Waals surface area contributed by atoms with Gasteiger partial charge in [0.15, 0.2) is 5.78 Å². The molecule has 0 saturated heterocycles. The van der Waals surface area contributed by atoms with Gasteiger partial charge < -0.3 is 9.84 Å². The first kappa shape index (κ1) is 20.7. The van der Waals surface area contributed by atoms with Crippen LogP contribution in [0.2, 0.25) is 0 Å². The minimum atomic E-state index is -0.770. The van der Waals surface area contributed by atoms with E-state index in [1.165, 1.54) is 13.2 Å². The number of esters is 1. The fourth-order valence-electron chi connectivity index (χ4n) is 5.24. The van der Waals surface area contributed by atoms with Crippen LogP contribution in [0.1, 0.15) is 66.2 Å². The molecule has 0 bridgehead atoms. The summed E-state index contributed by atoms with van der Waals surface area (Å²) < 4.78 is 4.96. The molecule has 0 aromatic rings. The lowest BCUT2D eigenvalue weighted by molar-refractivity contribution is -0.143. The van der Waals surface area contributed by atoms with Crippen molar-refractivity contribution in [3.8, 4) is 0 Å². The van der Waals surface area contributed by atoms with Crippen LogP contribution < -0.4 is 0 Å². The Hall–Kier alpha value is -1.65. The third kappa shape index (κ3) is 3.72. The van der Waals surface area contributed by atoms with Crippen LogP contribution in [-0.4, -0.2) is 29.9 Å². The molecule has 146 valence electrons. The number of ketones is 1. The van der Waals surface area contributed by atoms with Crippen molar-refractivity contribution in [1.82, 2.24) is 0 Å². The van der Waals surface area contributed by atoms with Crippen LogP contribution in [0.25, 0.3) is 0 Å². The second-order valence-electron chi connectivity index (χ2n) is 8.88. The van der Waals surface area contributed by atoms with Gasteiger partial charge >= 0.3 is 11.9 Å². The first-order valence-electron chi connectivity index (χ1n) is 9.59. The number of hydrogen-bond acceptors (Lipinski definition) is 4. The van der Waals surface area contributed by atoms with E-state index in [1.807, 2.05) is 6.92 Å². The second-order valence-corrected chi connectivity index (χ2v) is 8.88. The van der Waals surface area contributed by atoms with Crippen molar-refractivity contribution in [3.05, 3.63) is 11.6 Å². The summed E-state index contributed by atoms with van der Waals surface area (Å²) in [7, 11) is 1.36. The summed E-state index contributed by atoms with van der Waals surface area (Å²) in [6.07, 6.45) is 5.64. The molecule has 0 aliphatic heterocycles. The number of carbonyl (C=O) groups is 3. The Kier molecular flexibility index (Phi) is 5.99. The van der Waals surface area contributed by atoms with Crippen molar-refractivity contribution >= 4 is 17.7 Å². The molecule has 2 aliphatic rings. The van der Waals surface area contributed by atoms with Gasteiger partial charge in [-0.1, -0.05) is 27.7 Å². The average Bonchev–Trinajstić information content (AvgIpc) is 2.57. The van der Waals surface area contributed by atoms with Gasteiger partial charge in [0.1, 0.15) is 0 Å². The molecule has 0 amide bonds. The fraction of sp³-hybridized carbons (Fsp3) is 0.762. The summed E-state index contributed by atoms with van der Waals surface area (Å²) in [5.74, 6) is -0.592. The third-order valence-corrected chi connectivity index (χ3v) is 7.22. The number of fused-ring (bicyclic) bond motifs is 1. The van der Waals surface area contributed by atoms with Gasteiger partial charge in [0.2, 0.25) is 0 Å². The molecule has 1 N–H and O–H groups in total. The van der Waals surface area contributed by atoms with Crippen LogP contribution in [0.3, 0.4) is 0 Å². The van der Waals surface area contributed by atoms with Gasteiger partial charge in [-0.2, -0.15) is 0 Å². The summed E-state index contributed by atoms with van der Waals surface area (Å²) in [5.41, 5.74) is 0.0410. The SMILES string of the molecule is COC(=O)C1=CC(=O)C[C@@H]2[C@@](C)(CCC(C)CC(=O)O)[C@H](C)CC[C@]12C. The largest absolute Gasteiger partial charge is 0.481 e. The van der Waals surface area contributed by atoms with E-state index in [9.17, 15) is 14.4 Å². The van der Waals surface area contributed by atoms with E-state index < -0.39 is 11.9 Å². The van der Waals surface area contributed by atoms with Gasteiger partial charge in [-0.05, 0) is 54.9 Å². The Morgan fingerprint density at radius 1 is 1.38 bits per heavy atom. The lowest BCUT2D eigenvalue weighted by Crippen LogP contribution is -2.52. The normalized spacial score (nSPS) is 35.3. The maximum atomic E-state index is 12.4. The van der Waals surface area contributed by atoms with Crippen molar-refractivity contribution in [3.63, 3.8) is 0 Å². The molecule has 2 aliphatic carbocycles. The number of carboxylic acids is 1. The number of ether oxygens (including phenoxy) is 1. The molecular weight excluding hydrogens is 332 g/mol. The minimum absolute atomic E-state index is 0.00761. The van der Waals surface area contributed by atoms with Crippen LogP contribution in [0.15, 0.2) is 11.6 Å². The first-order chi connectivity index (χ1) is 12.0. The second kappa shape index (κ2) is 7.53.